The van der Waals surface area contributed by atoms with Gasteiger partial charge in [-0.1, -0.05) is 30.3 Å². The van der Waals surface area contributed by atoms with Crippen molar-refractivity contribution in [1.82, 2.24) is 4.90 Å². The molecule has 5 heteroatoms. The number of rotatable bonds is 4. The van der Waals surface area contributed by atoms with Gasteiger partial charge in [0.2, 0.25) is 0 Å². The van der Waals surface area contributed by atoms with E-state index in [2.05, 4.69) is 4.90 Å². The quantitative estimate of drug-likeness (QED) is 0.874. The van der Waals surface area contributed by atoms with Crippen molar-refractivity contribution in [3.8, 4) is 0 Å². The predicted octanol–water partition coefficient (Wildman–Crippen LogP) is 1.61. The van der Waals surface area contributed by atoms with Crippen LogP contribution in [0.2, 0.25) is 0 Å². The Hall–Kier alpha value is -1.04. The fraction of sp³-hybridized carbons (Fsp3) is 0.571. The number of hydrogen-bond donors (Lipinski definition) is 2. The van der Waals surface area contributed by atoms with E-state index in [0.29, 0.717) is 13.1 Å². The number of piperidine rings is 1. The van der Waals surface area contributed by atoms with Gasteiger partial charge in [0.1, 0.15) is 5.60 Å². The van der Waals surface area contributed by atoms with E-state index in [1.165, 1.54) is 0 Å². The number of nitrogens with zero attached hydrogens (tertiary/aromatic N) is 1. The van der Waals surface area contributed by atoms with Gasteiger partial charge in [-0.2, -0.15) is 0 Å². The molecule has 1 heterocycles. The van der Waals surface area contributed by atoms with E-state index in [0.717, 1.165) is 12.1 Å². The molecular formula is C14H20F2N2O. The number of hydrogen-bond acceptors (Lipinski definition) is 3. The van der Waals surface area contributed by atoms with E-state index in [-0.39, 0.29) is 12.8 Å². The molecule has 0 aromatic heterocycles. The Morgan fingerprint density at radius 3 is 2.32 bits per heavy atom. The Bertz CT molecular complexity index is 403. The second-order valence-electron chi connectivity index (χ2n) is 5.20. The van der Waals surface area contributed by atoms with Gasteiger partial charge in [-0.15, -0.1) is 0 Å². The molecule has 1 fully saturated rings. The van der Waals surface area contributed by atoms with Gasteiger partial charge in [0, 0.05) is 19.6 Å². The van der Waals surface area contributed by atoms with Crippen LogP contribution in [0.25, 0.3) is 0 Å². The predicted molar refractivity (Wildman–Crippen MR) is 69.9 cm³/mol. The second-order valence-corrected chi connectivity index (χ2v) is 5.20. The Labute approximate surface area is 112 Å². The van der Waals surface area contributed by atoms with Crippen LogP contribution in [0.15, 0.2) is 30.3 Å². The zero-order valence-electron chi connectivity index (χ0n) is 10.9. The molecule has 0 spiro atoms. The molecule has 3 N–H and O–H groups in total. The van der Waals surface area contributed by atoms with E-state index in [4.69, 9.17) is 5.73 Å². The molecule has 2 rings (SSSR count). The highest BCUT2D eigenvalue weighted by Gasteiger charge is 2.52. The van der Waals surface area contributed by atoms with Crippen LogP contribution >= 0.6 is 0 Å². The zero-order chi connectivity index (χ0) is 13.9. The fourth-order valence-corrected chi connectivity index (χ4v) is 2.48. The third-order valence-electron chi connectivity index (χ3n) is 3.87. The summed E-state index contributed by atoms with van der Waals surface area (Å²) in [6.45, 7) is 0.843. The molecule has 0 bridgehead atoms. The van der Waals surface area contributed by atoms with Crippen LogP contribution in [0.4, 0.5) is 8.78 Å². The lowest BCUT2D eigenvalue weighted by Crippen LogP contribution is -2.57. The highest BCUT2D eigenvalue weighted by atomic mass is 19.3. The van der Waals surface area contributed by atoms with Gasteiger partial charge in [0.15, 0.2) is 0 Å². The van der Waals surface area contributed by atoms with E-state index in [1.807, 2.05) is 30.3 Å². The summed E-state index contributed by atoms with van der Waals surface area (Å²) >= 11 is 0. The van der Waals surface area contributed by atoms with Gasteiger partial charge in [-0.3, -0.25) is 4.90 Å². The smallest absolute Gasteiger partial charge is 0.288 e. The lowest BCUT2D eigenvalue weighted by Gasteiger charge is -2.42. The molecule has 0 atom stereocenters. The molecule has 0 unspecified atom stereocenters. The van der Waals surface area contributed by atoms with Gasteiger partial charge in [-0.05, 0) is 18.4 Å². The molecule has 1 aromatic carbocycles. The van der Waals surface area contributed by atoms with Crippen LogP contribution in [0.5, 0.6) is 0 Å². The molecule has 1 saturated heterocycles. The monoisotopic (exact) mass is 270 g/mol. The summed E-state index contributed by atoms with van der Waals surface area (Å²) < 4.78 is 27.2. The normalized spacial score (nSPS) is 20.4. The number of aliphatic hydroxyl groups is 1. The third-order valence-corrected chi connectivity index (χ3v) is 3.87. The van der Waals surface area contributed by atoms with Crippen molar-refractivity contribution in [1.29, 1.82) is 0 Å². The highest BCUT2D eigenvalue weighted by Crippen LogP contribution is 2.36. The van der Waals surface area contributed by atoms with Crippen LogP contribution in [0.1, 0.15) is 18.4 Å². The third kappa shape index (κ3) is 3.11. The Balaban J connectivity index is 1.92. The minimum atomic E-state index is -3.20. The average molecular weight is 270 g/mol. The van der Waals surface area contributed by atoms with E-state index >= 15 is 0 Å². The van der Waals surface area contributed by atoms with Crippen LogP contribution in [-0.4, -0.2) is 41.2 Å². The molecule has 106 valence electrons. The summed E-state index contributed by atoms with van der Waals surface area (Å²) in [5, 5.41) is 10.0. The first-order valence-electron chi connectivity index (χ1n) is 6.53. The van der Waals surface area contributed by atoms with Crippen molar-refractivity contribution in [2.45, 2.75) is 30.9 Å². The maximum absolute atomic E-state index is 13.6. The Kier molecular flexibility index (Phi) is 4.18. The summed E-state index contributed by atoms with van der Waals surface area (Å²) in [6.07, 6.45) is 0.119. The van der Waals surface area contributed by atoms with Crippen molar-refractivity contribution < 1.29 is 13.9 Å². The molecular weight excluding hydrogens is 250 g/mol. The summed E-state index contributed by atoms with van der Waals surface area (Å²) in [6, 6.07) is 9.88. The lowest BCUT2D eigenvalue weighted by molar-refractivity contribution is -0.195. The first-order valence-corrected chi connectivity index (χ1v) is 6.53. The Morgan fingerprint density at radius 2 is 1.79 bits per heavy atom. The molecule has 0 saturated carbocycles. The van der Waals surface area contributed by atoms with Crippen molar-refractivity contribution in [2.75, 3.05) is 19.6 Å². The van der Waals surface area contributed by atoms with Gasteiger partial charge < -0.3 is 10.8 Å². The summed E-state index contributed by atoms with van der Waals surface area (Å²) in [7, 11) is 0. The van der Waals surface area contributed by atoms with Crippen LogP contribution in [0, 0.1) is 0 Å². The van der Waals surface area contributed by atoms with E-state index in [9.17, 15) is 13.9 Å². The molecule has 0 amide bonds. The van der Waals surface area contributed by atoms with Gasteiger partial charge in [0.05, 0.1) is 6.54 Å². The minimum Gasteiger partial charge on any atom is -0.383 e. The molecule has 19 heavy (non-hydrogen) atoms. The van der Waals surface area contributed by atoms with Crippen molar-refractivity contribution in [3.63, 3.8) is 0 Å². The van der Waals surface area contributed by atoms with Gasteiger partial charge in [0.25, 0.3) is 5.92 Å². The first-order chi connectivity index (χ1) is 8.97. The maximum atomic E-state index is 13.6. The summed E-state index contributed by atoms with van der Waals surface area (Å²) in [5.74, 6) is -3.20. The zero-order valence-corrected chi connectivity index (χ0v) is 10.9. The van der Waals surface area contributed by atoms with Crippen molar-refractivity contribution in [3.05, 3.63) is 35.9 Å². The molecule has 1 aliphatic heterocycles. The van der Waals surface area contributed by atoms with Crippen molar-refractivity contribution >= 4 is 0 Å². The lowest BCUT2D eigenvalue weighted by atomic mass is 9.85. The molecule has 1 aromatic rings. The Morgan fingerprint density at radius 1 is 1.21 bits per heavy atom. The average Bonchev–Trinajstić information content (AvgIpc) is 2.42. The molecule has 1 aliphatic rings. The first kappa shape index (κ1) is 14.4. The SMILES string of the molecule is NCC(F)(F)C1(O)CCN(Cc2ccccc2)CC1. The highest BCUT2D eigenvalue weighted by molar-refractivity contribution is 5.14. The summed E-state index contributed by atoms with van der Waals surface area (Å²) in [4.78, 5) is 2.08. The van der Waals surface area contributed by atoms with E-state index < -0.39 is 18.1 Å². The number of benzene rings is 1. The van der Waals surface area contributed by atoms with Crippen LogP contribution < -0.4 is 5.73 Å². The fourth-order valence-electron chi connectivity index (χ4n) is 2.48. The number of alkyl halides is 2. The number of nitrogens with two attached hydrogens (primary N) is 1. The largest absolute Gasteiger partial charge is 0.383 e. The minimum absolute atomic E-state index is 0.0596. The summed E-state index contributed by atoms with van der Waals surface area (Å²) in [5.41, 5.74) is 4.26. The molecule has 0 aliphatic carbocycles. The number of likely N-dealkylation sites (tertiary alicyclic amines) is 1. The van der Waals surface area contributed by atoms with Crippen LogP contribution in [0.3, 0.4) is 0 Å². The van der Waals surface area contributed by atoms with Crippen molar-refractivity contribution in [2.24, 2.45) is 5.73 Å². The molecule has 0 radical (unpaired) electrons. The second kappa shape index (κ2) is 5.53. The number of halogens is 2. The standard InChI is InChI=1S/C14H20F2N2O/c15-14(16,11-17)13(19)6-8-18(9-7-13)10-12-4-2-1-3-5-12/h1-5,19H,6-11,17H2. The maximum Gasteiger partial charge on any atom is 0.288 e. The van der Waals surface area contributed by atoms with Gasteiger partial charge in [-0.25, -0.2) is 8.78 Å². The topological polar surface area (TPSA) is 49.5 Å². The van der Waals surface area contributed by atoms with Gasteiger partial charge >= 0.3 is 0 Å². The van der Waals surface area contributed by atoms with E-state index in [1.54, 1.807) is 0 Å². The molecule has 3 nitrogen and oxygen atoms in total. The van der Waals surface area contributed by atoms with Crippen LogP contribution in [-0.2, 0) is 6.54 Å².